The van der Waals surface area contributed by atoms with Gasteiger partial charge in [-0.25, -0.2) is 4.98 Å². The van der Waals surface area contributed by atoms with Crippen LogP contribution in [-0.2, 0) is 0 Å². The highest BCUT2D eigenvalue weighted by Gasteiger charge is 2.13. The summed E-state index contributed by atoms with van der Waals surface area (Å²) in [5.41, 5.74) is 1.18. The Bertz CT molecular complexity index is 241. The lowest BCUT2D eigenvalue weighted by molar-refractivity contribution is 0.617. The Morgan fingerprint density at radius 3 is 2.64 bits per heavy atom. The second-order valence-electron chi connectivity index (χ2n) is 2.68. The zero-order valence-electron chi connectivity index (χ0n) is 6.13. The van der Waals surface area contributed by atoms with Crippen molar-refractivity contribution in [1.29, 1.82) is 0 Å². The Hall–Kier alpha value is -0.760. The van der Waals surface area contributed by atoms with Crippen molar-refractivity contribution in [3.63, 3.8) is 0 Å². The number of aromatic nitrogens is 1. The van der Waals surface area contributed by atoms with Crippen molar-refractivity contribution < 1.29 is 0 Å². The van der Waals surface area contributed by atoms with Crippen LogP contribution in [0.5, 0.6) is 0 Å². The molecule has 0 aliphatic carbocycles. The third-order valence-corrected chi connectivity index (χ3v) is 2.16. The lowest BCUT2D eigenvalue weighted by atomic mass is 10.2. The summed E-state index contributed by atoms with van der Waals surface area (Å²) in [4.78, 5) is 6.29. The van der Waals surface area contributed by atoms with Crippen LogP contribution in [0.25, 0.3) is 0 Å². The molecule has 1 aromatic rings. The SMILES string of the molecule is Clc1ccc(N2CCC2)cn1. The topological polar surface area (TPSA) is 16.1 Å². The molecule has 0 aromatic carbocycles. The van der Waals surface area contributed by atoms with Crippen LogP contribution < -0.4 is 4.90 Å². The van der Waals surface area contributed by atoms with Gasteiger partial charge < -0.3 is 4.90 Å². The molecular formula is C8H9ClN2. The third kappa shape index (κ3) is 1.31. The molecule has 3 heteroatoms. The Labute approximate surface area is 70.8 Å². The molecule has 0 N–H and O–H groups in total. The van der Waals surface area contributed by atoms with Crippen LogP contribution in [0.15, 0.2) is 18.3 Å². The van der Waals surface area contributed by atoms with Crippen molar-refractivity contribution in [2.24, 2.45) is 0 Å². The number of hydrogen-bond acceptors (Lipinski definition) is 2. The highest BCUT2D eigenvalue weighted by atomic mass is 35.5. The van der Waals surface area contributed by atoms with Gasteiger partial charge in [0, 0.05) is 13.1 Å². The number of pyridine rings is 1. The van der Waals surface area contributed by atoms with Crippen molar-refractivity contribution in [2.75, 3.05) is 18.0 Å². The van der Waals surface area contributed by atoms with Gasteiger partial charge in [0.05, 0.1) is 11.9 Å². The van der Waals surface area contributed by atoms with E-state index in [1.165, 1.54) is 12.1 Å². The van der Waals surface area contributed by atoms with Gasteiger partial charge in [0.25, 0.3) is 0 Å². The minimum absolute atomic E-state index is 0.564. The fourth-order valence-electron chi connectivity index (χ4n) is 1.13. The molecule has 1 fully saturated rings. The van der Waals surface area contributed by atoms with Crippen LogP contribution in [0.3, 0.4) is 0 Å². The summed E-state index contributed by atoms with van der Waals surface area (Å²) in [5, 5.41) is 0.564. The van der Waals surface area contributed by atoms with Crippen molar-refractivity contribution in [3.8, 4) is 0 Å². The van der Waals surface area contributed by atoms with Crippen molar-refractivity contribution in [2.45, 2.75) is 6.42 Å². The second kappa shape index (κ2) is 2.70. The molecule has 11 heavy (non-hydrogen) atoms. The Morgan fingerprint density at radius 2 is 2.18 bits per heavy atom. The second-order valence-corrected chi connectivity index (χ2v) is 3.07. The monoisotopic (exact) mass is 168 g/mol. The van der Waals surface area contributed by atoms with Crippen LogP contribution in [0.2, 0.25) is 5.15 Å². The van der Waals surface area contributed by atoms with Gasteiger partial charge in [-0.15, -0.1) is 0 Å². The normalized spacial score (nSPS) is 16.3. The van der Waals surface area contributed by atoms with Crippen LogP contribution in [0, 0.1) is 0 Å². The van der Waals surface area contributed by atoms with Gasteiger partial charge in [-0.2, -0.15) is 0 Å². The summed E-state index contributed by atoms with van der Waals surface area (Å²) in [6, 6.07) is 3.84. The lowest BCUT2D eigenvalue weighted by Gasteiger charge is -2.32. The zero-order chi connectivity index (χ0) is 7.68. The summed E-state index contributed by atoms with van der Waals surface area (Å²) >= 11 is 5.65. The molecule has 2 heterocycles. The summed E-state index contributed by atoms with van der Waals surface area (Å²) in [7, 11) is 0. The molecule has 0 amide bonds. The Morgan fingerprint density at radius 1 is 1.36 bits per heavy atom. The van der Waals surface area contributed by atoms with E-state index in [2.05, 4.69) is 9.88 Å². The van der Waals surface area contributed by atoms with Gasteiger partial charge in [-0.1, -0.05) is 11.6 Å². The first kappa shape index (κ1) is 6.92. The van der Waals surface area contributed by atoms with E-state index in [0.29, 0.717) is 5.15 Å². The maximum absolute atomic E-state index is 5.65. The molecule has 0 saturated carbocycles. The lowest BCUT2D eigenvalue weighted by Crippen LogP contribution is -2.36. The summed E-state index contributed by atoms with van der Waals surface area (Å²) in [6.07, 6.45) is 3.12. The molecule has 2 rings (SSSR count). The number of nitrogens with zero attached hydrogens (tertiary/aromatic N) is 2. The van der Waals surface area contributed by atoms with Gasteiger partial charge in [0.2, 0.25) is 0 Å². The van der Waals surface area contributed by atoms with E-state index in [-0.39, 0.29) is 0 Å². The molecule has 1 aliphatic heterocycles. The smallest absolute Gasteiger partial charge is 0.129 e. The van der Waals surface area contributed by atoms with Crippen LogP contribution in [-0.4, -0.2) is 18.1 Å². The van der Waals surface area contributed by atoms with E-state index in [9.17, 15) is 0 Å². The van der Waals surface area contributed by atoms with E-state index in [4.69, 9.17) is 11.6 Å². The summed E-state index contributed by atoms with van der Waals surface area (Å²) in [5.74, 6) is 0. The largest absolute Gasteiger partial charge is 0.370 e. The minimum atomic E-state index is 0.564. The molecule has 0 radical (unpaired) electrons. The maximum atomic E-state index is 5.65. The predicted molar refractivity (Wildman–Crippen MR) is 46.1 cm³/mol. The average Bonchev–Trinajstić information content (AvgIpc) is 1.90. The van der Waals surface area contributed by atoms with Gasteiger partial charge >= 0.3 is 0 Å². The number of rotatable bonds is 1. The van der Waals surface area contributed by atoms with Gasteiger partial charge in [0.1, 0.15) is 5.15 Å². The quantitative estimate of drug-likeness (QED) is 0.596. The van der Waals surface area contributed by atoms with Crippen LogP contribution in [0.1, 0.15) is 6.42 Å². The maximum Gasteiger partial charge on any atom is 0.129 e. The fourth-order valence-corrected chi connectivity index (χ4v) is 1.24. The molecular weight excluding hydrogens is 160 g/mol. The van der Waals surface area contributed by atoms with Crippen molar-refractivity contribution >= 4 is 17.3 Å². The molecule has 0 spiro atoms. The van der Waals surface area contributed by atoms with E-state index in [0.717, 1.165) is 13.1 Å². The Balaban J connectivity index is 2.18. The van der Waals surface area contributed by atoms with Crippen LogP contribution in [0.4, 0.5) is 5.69 Å². The molecule has 0 atom stereocenters. The zero-order valence-corrected chi connectivity index (χ0v) is 6.88. The molecule has 2 nitrogen and oxygen atoms in total. The molecule has 0 bridgehead atoms. The highest BCUT2D eigenvalue weighted by Crippen LogP contribution is 2.19. The Kier molecular flexibility index (Phi) is 1.70. The first-order valence-corrected chi connectivity index (χ1v) is 4.10. The van der Waals surface area contributed by atoms with E-state index >= 15 is 0 Å². The van der Waals surface area contributed by atoms with E-state index in [1.54, 1.807) is 0 Å². The third-order valence-electron chi connectivity index (χ3n) is 1.93. The van der Waals surface area contributed by atoms with Gasteiger partial charge in [0.15, 0.2) is 0 Å². The van der Waals surface area contributed by atoms with Crippen molar-refractivity contribution in [3.05, 3.63) is 23.5 Å². The van der Waals surface area contributed by atoms with Crippen LogP contribution >= 0.6 is 11.6 Å². The summed E-state index contributed by atoms with van der Waals surface area (Å²) in [6.45, 7) is 2.31. The standard InChI is InChI=1S/C8H9ClN2/c9-8-3-2-7(6-10-8)11-4-1-5-11/h2-3,6H,1,4-5H2. The molecule has 1 aromatic heterocycles. The minimum Gasteiger partial charge on any atom is -0.370 e. The fraction of sp³-hybridized carbons (Fsp3) is 0.375. The number of anilines is 1. The number of halogens is 1. The summed E-state index contributed by atoms with van der Waals surface area (Å²) < 4.78 is 0. The predicted octanol–water partition coefficient (Wildman–Crippen LogP) is 1.95. The van der Waals surface area contributed by atoms with Crippen molar-refractivity contribution in [1.82, 2.24) is 4.98 Å². The van der Waals surface area contributed by atoms with Gasteiger partial charge in [-0.3, -0.25) is 0 Å². The van der Waals surface area contributed by atoms with E-state index in [1.807, 2.05) is 18.3 Å². The first-order valence-electron chi connectivity index (χ1n) is 3.73. The molecule has 58 valence electrons. The van der Waals surface area contributed by atoms with Gasteiger partial charge in [-0.05, 0) is 18.6 Å². The molecule has 0 unspecified atom stereocenters. The molecule has 1 saturated heterocycles. The first-order chi connectivity index (χ1) is 5.36. The average molecular weight is 169 g/mol. The number of hydrogen-bond donors (Lipinski definition) is 0. The highest BCUT2D eigenvalue weighted by molar-refractivity contribution is 6.29. The van der Waals surface area contributed by atoms with E-state index < -0.39 is 0 Å². The molecule has 1 aliphatic rings.